The van der Waals surface area contributed by atoms with Gasteiger partial charge in [-0.2, -0.15) is 0 Å². The molecule has 1 N–H and O–H groups in total. The Hall–Kier alpha value is -2.49. The molecule has 2 aromatic rings. The first-order chi connectivity index (χ1) is 10.2. The zero-order valence-electron chi connectivity index (χ0n) is 12.2. The molecule has 0 amide bonds. The van der Waals surface area contributed by atoms with Crippen LogP contribution in [0.15, 0.2) is 54.6 Å². The highest BCUT2D eigenvalue weighted by atomic mass is 16.5. The molecule has 0 bridgehead atoms. The lowest BCUT2D eigenvalue weighted by Crippen LogP contribution is -2.20. The zero-order chi connectivity index (χ0) is 15.1. The van der Waals surface area contributed by atoms with Gasteiger partial charge in [-0.15, -0.1) is 0 Å². The van der Waals surface area contributed by atoms with Crippen molar-refractivity contribution < 1.29 is 14.3 Å². The minimum Gasteiger partial charge on any atom is -0.469 e. The molecule has 0 heterocycles. The fourth-order valence-corrected chi connectivity index (χ4v) is 1.94. The van der Waals surface area contributed by atoms with Gasteiger partial charge in [-0.25, -0.2) is 0 Å². The number of hydrogen-bond donors (Lipinski definition) is 1. The number of methoxy groups -OCH3 is 1. The van der Waals surface area contributed by atoms with Gasteiger partial charge in [0, 0.05) is 6.04 Å². The molecule has 1 unspecified atom stereocenters. The van der Waals surface area contributed by atoms with Gasteiger partial charge in [-0.05, 0) is 31.2 Å². The Kier molecular flexibility index (Phi) is 5.21. The topological polar surface area (TPSA) is 47.6 Å². The van der Waals surface area contributed by atoms with Gasteiger partial charge in [0.25, 0.3) is 0 Å². The molecule has 4 nitrogen and oxygen atoms in total. The van der Waals surface area contributed by atoms with Crippen molar-refractivity contribution in [1.29, 1.82) is 0 Å². The summed E-state index contributed by atoms with van der Waals surface area (Å²) in [6.07, 6.45) is 0.302. The molecule has 0 fully saturated rings. The van der Waals surface area contributed by atoms with E-state index in [9.17, 15) is 4.79 Å². The van der Waals surface area contributed by atoms with Crippen molar-refractivity contribution in [2.75, 3.05) is 12.4 Å². The summed E-state index contributed by atoms with van der Waals surface area (Å²) in [6, 6.07) is 17.2. The molecule has 1 atom stereocenters. The van der Waals surface area contributed by atoms with E-state index < -0.39 is 0 Å². The minimum atomic E-state index is -0.239. The van der Waals surface area contributed by atoms with Crippen molar-refractivity contribution in [1.82, 2.24) is 0 Å². The van der Waals surface area contributed by atoms with Crippen molar-refractivity contribution in [3.8, 4) is 11.5 Å². The van der Waals surface area contributed by atoms with Crippen LogP contribution in [0, 0.1) is 0 Å². The van der Waals surface area contributed by atoms with Crippen LogP contribution in [-0.2, 0) is 9.53 Å². The molecule has 0 aliphatic rings. The molecule has 110 valence electrons. The highest BCUT2D eigenvalue weighted by Crippen LogP contribution is 2.29. The fourth-order valence-electron chi connectivity index (χ4n) is 1.94. The summed E-state index contributed by atoms with van der Waals surface area (Å²) in [6.45, 7) is 1.93. The summed E-state index contributed by atoms with van der Waals surface area (Å²) in [5.41, 5.74) is 0.845. The van der Waals surface area contributed by atoms with Crippen molar-refractivity contribution in [2.24, 2.45) is 0 Å². The van der Waals surface area contributed by atoms with E-state index in [-0.39, 0.29) is 12.0 Å². The van der Waals surface area contributed by atoms with Crippen molar-refractivity contribution >= 4 is 11.7 Å². The number of para-hydroxylation sites is 3. The lowest BCUT2D eigenvalue weighted by atomic mass is 10.2. The van der Waals surface area contributed by atoms with Gasteiger partial charge in [0.2, 0.25) is 0 Å². The van der Waals surface area contributed by atoms with Gasteiger partial charge < -0.3 is 14.8 Å². The Morgan fingerprint density at radius 2 is 1.76 bits per heavy atom. The number of esters is 1. The Morgan fingerprint density at radius 1 is 1.10 bits per heavy atom. The predicted molar refractivity (Wildman–Crippen MR) is 82.7 cm³/mol. The van der Waals surface area contributed by atoms with Crippen molar-refractivity contribution in [3.63, 3.8) is 0 Å². The number of benzene rings is 2. The van der Waals surface area contributed by atoms with Crippen LogP contribution in [0.1, 0.15) is 13.3 Å². The molecule has 0 radical (unpaired) electrons. The minimum absolute atomic E-state index is 0.0435. The van der Waals surface area contributed by atoms with Gasteiger partial charge >= 0.3 is 5.97 Å². The SMILES string of the molecule is COC(=O)CC(C)Nc1ccccc1Oc1ccccc1. The third-order valence-corrected chi connectivity index (χ3v) is 2.96. The maximum absolute atomic E-state index is 11.3. The van der Waals surface area contributed by atoms with Crippen LogP contribution in [0.5, 0.6) is 11.5 Å². The zero-order valence-corrected chi connectivity index (χ0v) is 12.2. The van der Waals surface area contributed by atoms with Crippen molar-refractivity contribution in [2.45, 2.75) is 19.4 Å². The number of rotatable bonds is 6. The Bertz CT molecular complexity index is 584. The normalized spacial score (nSPS) is 11.5. The van der Waals surface area contributed by atoms with Gasteiger partial charge in [0.1, 0.15) is 5.75 Å². The summed E-state index contributed by atoms with van der Waals surface area (Å²) in [5.74, 6) is 1.25. The van der Waals surface area contributed by atoms with Crippen LogP contribution in [0.25, 0.3) is 0 Å². The average Bonchev–Trinajstić information content (AvgIpc) is 2.50. The van der Waals surface area contributed by atoms with E-state index in [0.29, 0.717) is 6.42 Å². The van der Waals surface area contributed by atoms with Gasteiger partial charge in [0.05, 0.1) is 19.2 Å². The van der Waals surface area contributed by atoms with Gasteiger partial charge in [-0.3, -0.25) is 4.79 Å². The molecule has 0 aromatic heterocycles. The quantitative estimate of drug-likeness (QED) is 0.819. The smallest absolute Gasteiger partial charge is 0.307 e. The molecule has 0 saturated carbocycles. The molecule has 0 aliphatic carbocycles. The second kappa shape index (κ2) is 7.33. The van der Waals surface area contributed by atoms with Crippen LogP contribution in [0.2, 0.25) is 0 Å². The molecule has 4 heteroatoms. The number of anilines is 1. The maximum atomic E-state index is 11.3. The van der Waals surface area contributed by atoms with E-state index in [4.69, 9.17) is 4.74 Å². The van der Waals surface area contributed by atoms with E-state index in [1.54, 1.807) is 0 Å². The summed E-state index contributed by atoms with van der Waals surface area (Å²) in [7, 11) is 1.39. The van der Waals surface area contributed by atoms with Crippen molar-refractivity contribution in [3.05, 3.63) is 54.6 Å². The number of hydrogen-bond acceptors (Lipinski definition) is 4. The number of carbonyl (C=O) groups is 1. The summed E-state index contributed by atoms with van der Waals surface area (Å²) in [5, 5.41) is 3.27. The third kappa shape index (κ3) is 4.53. The molecule has 2 rings (SSSR count). The second-order valence-corrected chi connectivity index (χ2v) is 4.74. The molecule has 0 aliphatic heterocycles. The van der Waals surface area contributed by atoms with E-state index in [0.717, 1.165) is 17.2 Å². The molecule has 0 spiro atoms. The maximum Gasteiger partial charge on any atom is 0.307 e. The fraction of sp³-hybridized carbons (Fsp3) is 0.235. The molecular weight excluding hydrogens is 266 g/mol. The third-order valence-electron chi connectivity index (χ3n) is 2.96. The standard InChI is InChI=1S/C17H19NO3/c1-13(12-17(19)20-2)18-15-10-6-7-11-16(15)21-14-8-4-3-5-9-14/h3-11,13,18H,12H2,1-2H3. The lowest BCUT2D eigenvalue weighted by Gasteiger charge is -2.17. The Balaban J connectivity index is 2.08. The van der Waals surface area contributed by atoms with E-state index >= 15 is 0 Å². The second-order valence-electron chi connectivity index (χ2n) is 4.74. The van der Waals surface area contributed by atoms with E-state index in [1.165, 1.54) is 7.11 Å². The number of carbonyl (C=O) groups excluding carboxylic acids is 1. The summed E-state index contributed by atoms with van der Waals surface area (Å²) < 4.78 is 10.5. The Morgan fingerprint density at radius 3 is 2.48 bits per heavy atom. The first-order valence-electron chi connectivity index (χ1n) is 6.84. The molecule has 21 heavy (non-hydrogen) atoms. The van der Waals surface area contributed by atoms with Gasteiger partial charge in [0.15, 0.2) is 5.75 Å². The lowest BCUT2D eigenvalue weighted by molar-refractivity contribution is -0.140. The molecular formula is C17H19NO3. The molecule has 0 saturated heterocycles. The monoisotopic (exact) mass is 285 g/mol. The highest BCUT2D eigenvalue weighted by Gasteiger charge is 2.11. The van der Waals surface area contributed by atoms with Crippen LogP contribution in [0.3, 0.4) is 0 Å². The first-order valence-corrected chi connectivity index (χ1v) is 6.84. The number of ether oxygens (including phenoxy) is 2. The largest absolute Gasteiger partial charge is 0.469 e. The van der Waals surface area contributed by atoms with Crippen LogP contribution in [0.4, 0.5) is 5.69 Å². The number of nitrogens with one attached hydrogen (secondary N) is 1. The van der Waals surface area contributed by atoms with Crippen LogP contribution >= 0.6 is 0 Å². The van der Waals surface area contributed by atoms with Gasteiger partial charge in [-0.1, -0.05) is 30.3 Å². The van der Waals surface area contributed by atoms with Crippen LogP contribution in [-0.4, -0.2) is 19.1 Å². The summed E-state index contributed by atoms with van der Waals surface area (Å²) in [4.78, 5) is 11.3. The Labute approximate surface area is 124 Å². The highest BCUT2D eigenvalue weighted by molar-refractivity contribution is 5.71. The molecule has 2 aromatic carbocycles. The predicted octanol–water partition coefficient (Wildman–Crippen LogP) is 3.84. The average molecular weight is 285 g/mol. The van der Waals surface area contributed by atoms with E-state index in [2.05, 4.69) is 10.1 Å². The first kappa shape index (κ1) is 14.9. The van der Waals surface area contributed by atoms with E-state index in [1.807, 2.05) is 61.5 Å². The summed E-state index contributed by atoms with van der Waals surface area (Å²) >= 11 is 0. The van der Waals surface area contributed by atoms with Crippen LogP contribution < -0.4 is 10.1 Å².